The second kappa shape index (κ2) is 8.43. The molecule has 27 heavy (non-hydrogen) atoms. The number of rotatable bonds is 7. The van der Waals surface area contributed by atoms with Crippen molar-refractivity contribution in [1.29, 1.82) is 0 Å². The summed E-state index contributed by atoms with van der Waals surface area (Å²) in [6.45, 7) is 0.312. The molecule has 1 N–H and O–H groups in total. The molecule has 144 valence electrons. The van der Waals surface area contributed by atoms with Gasteiger partial charge < -0.3 is 15.0 Å². The number of benzene rings is 2. The number of hydrogen-bond acceptors (Lipinski definition) is 5. The Bertz CT molecular complexity index is 867. The molecule has 0 aliphatic carbocycles. The third-order valence-electron chi connectivity index (χ3n) is 4.66. The predicted octanol–water partition coefficient (Wildman–Crippen LogP) is 2.72. The molecule has 0 radical (unpaired) electrons. The molecule has 1 amide bonds. The van der Waals surface area contributed by atoms with Gasteiger partial charge in [-0.1, -0.05) is 18.2 Å². The summed E-state index contributed by atoms with van der Waals surface area (Å²) in [5.41, 5.74) is 1.64. The van der Waals surface area contributed by atoms with Gasteiger partial charge in [-0.25, -0.2) is 8.42 Å². The van der Waals surface area contributed by atoms with E-state index >= 15 is 0 Å². The van der Waals surface area contributed by atoms with E-state index in [-0.39, 0.29) is 29.9 Å². The van der Waals surface area contributed by atoms with Crippen molar-refractivity contribution in [2.75, 3.05) is 35.4 Å². The summed E-state index contributed by atoms with van der Waals surface area (Å²) in [6, 6.07) is 16.8. The van der Waals surface area contributed by atoms with E-state index < -0.39 is 9.84 Å². The fourth-order valence-corrected chi connectivity index (χ4v) is 4.85. The van der Waals surface area contributed by atoms with Crippen molar-refractivity contribution >= 4 is 27.1 Å². The summed E-state index contributed by atoms with van der Waals surface area (Å²) in [6.07, 6.45) is 0.912. The van der Waals surface area contributed by atoms with Crippen molar-refractivity contribution in [3.05, 3.63) is 54.6 Å². The molecule has 0 bridgehead atoms. The molecular formula is C20H24N2O4S. The molecular weight excluding hydrogens is 364 g/mol. The van der Waals surface area contributed by atoms with Crippen LogP contribution in [0.5, 0.6) is 5.75 Å². The molecule has 1 aliphatic heterocycles. The largest absolute Gasteiger partial charge is 0.493 e. The molecule has 1 saturated heterocycles. The van der Waals surface area contributed by atoms with E-state index in [9.17, 15) is 13.2 Å². The fourth-order valence-electron chi connectivity index (χ4n) is 3.07. The Morgan fingerprint density at radius 1 is 1.15 bits per heavy atom. The van der Waals surface area contributed by atoms with Crippen LogP contribution >= 0.6 is 0 Å². The first-order valence-corrected chi connectivity index (χ1v) is 10.8. The maximum atomic E-state index is 12.0. The zero-order chi connectivity index (χ0) is 19.3. The fraction of sp³-hybridized carbons (Fsp3) is 0.350. The normalized spacial score (nSPS) is 18.0. The van der Waals surface area contributed by atoms with Crippen LogP contribution in [0.4, 0.5) is 11.4 Å². The van der Waals surface area contributed by atoms with Crippen molar-refractivity contribution in [2.45, 2.75) is 18.9 Å². The van der Waals surface area contributed by atoms with Crippen LogP contribution in [0.3, 0.4) is 0 Å². The molecule has 7 heteroatoms. The number of carbonyl (C=O) groups is 1. The van der Waals surface area contributed by atoms with E-state index in [2.05, 4.69) is 5.32 Å². The Morgan fingerprint density at radius 3 is 2.48 bits per heavy atom. The lowest BCUT2D eigenvalue weighted by Crippen LogP contribution is -2.32. The van der Waals surface area contributed by atoms with Crippen molar-refractivity contribution < 1.29 is 17.9 Å². The van der Waals surface area contributed by atoms with Crippen LogP contribution in [0.1, 0.15) is 12.8 Å². The van der Waals surface area contributed by atoms with Gasteiger partial charge in [-0.3, -0.25) is 4.79 Å². The maximum Gasteiger partial charge on any atom is 0.227 e. The van der Waals surface area contributed by atoms with Crippen LogP contribution in [0.25, 0.3) is 0 Å². The average Bonchev–Trinajstić information content (AvgIpc) is 3.02. The molecule has 0 spiro atoms. The summed E-state index contributed by atoms with van der Waals surface area (Å²) < 4.78 is 28.8. The third-order valence-corrected chi connectivity index (χ3v) is 6.41. The van der Waals surface area contributed by atoms with Crippen LogP contribution in [0.15, 0.2) is 54.6 Å². The lowest BCUT2D eigenvalue weighted by atomic mass is 10.2. The van der Waals surface area contributed by atoms with Crippen molar-refractivity contribution in [3.63, 3.8) is 0 Å². The lowest BCUT2D eigenvalue weighted by Gasteiger charge is -2.25. The van der Waals surface area contributed by atoms with Gasteiger partial charge in [-0.15, -0.1) is 0 Å². The highest BCUT2D eigenvalue weighted by molar-refractivity contribution is 7.91. The topological polar surface area (TPSA) is 75.7 Å². The first-order chi connectivity index (χ1) is 12.9. The van der Waals surface area contributed by atoms with E-state index in [4.69, 9.17) is 4.74 Å². The van der Waals surface area contributed by atoms with Gasteiger partial charge in [0.2, 0.25) is 5.91 Å². The minimum absolute atomic E-state index is 0.00516. The van der Waals surface area contributed by atoms with Gasteiger partial charge >= 0.3 is 0 Å². The highest BCUT2D eigenvalue weighted by Crippen LogP contribution is 2.24. The number of nitrogens with one attached hydrogen (secondary N) is 1. The minimum Gasteiger partial charge on any atom is -0.493 e. The Hall–Kier alpha value is -2.54. The summed E-state index contributed by atoms with van der Waals surface area (Å²) in [7, 11) is -1.01. The molecule has 0 saturated carbocycles. The Morgan fingerprint density at radius 2 is 1.85 bits per heavy atom. The molecule has 1 heterocycles. The van der Waals surface area contributed by atoms with Gasteiger partial charge in [0.15, 0.2) is 9.84 Å². The zero-order valence-corrected chi connectivity index (χ0v) is 16.1. The standard InChI is InChI=1S/C20H24N2O4S/c1-22(18-12-14-27(24,25)15-18)17-9-7-16(8-10-17)21-20(23)11-13-26-19-5-3-2-4-6-19/h2-10,18H,11-15H2,1H3,(H,21,23). The van der Waals surface area contributed by atoms with Gasteiger partial charge in [0.1, 0.15) is 5.75 Å². The number of carbonyl (C=O) groups excluding carboxylic acids is 1. The highest BCUT2D eigenvalue weighted by Gasteiger charge is 2.30. The van der Waals surface area contributed by atoms with Crippen molar-refractivity contribution in [1.82, 2.24) is 0 Å². The van der Waals surface area contributed by atoms with Crippen LogP contribution < -0.4 is 15.0 Å². The number of amides is 1. The first-order valence-electron chi connectivity index (χ1n) is 8.94. The van der Waals surface area contributed by atoms with Crippen molar-refractivity contribution in [3.8, 4) is 5.75 Å². The van der Waals surface area contributed by atoms with Gasteiger partial charge in [0, 0.05) is 24.5 Å². The zero-order valence-electron chi connectivity index (χ0n) is 15.3. The van der Waals surface area contributed by atoms with Gasteiger partial charge in [-0.05, 0) is 42.8 Å². The number of hydrogen-bond donors (Lipinski definition) is 1. The molecule has 1 unspecified atom stereocenters. The summed E-state index contributed by atoms with van der Waals surface area (Å²) >= 11 is 0. The minimum atomic E-state index is -2.91. The Balaban J connectivity index is 1.47. The molecule has 1 aliphatic rings. The average molecular weight is 388 g/mol. The third kappa shape index (κ3) is 5.47. The number of anilines is 2. The highest BCUT2D eigenvalue weighted by atomic mass is 32.2. The van der Waals surface area contributed by atoms with Gasteiger partial charge in [0.05, 0.1) is 24.5 Å². The second-order valence-corrected chi connectivity index (χ2v) is 8.90. The molecule has 0 aromatic heterocycles. The van der Waals surface area contributed by atoms with Crippen LogP contribution in [-0.4, -0.2) is 45.5 Å². The summed E-state index contributed by atoms with van der Waals surface area (Å²) in [5, 5.41) is 2.84. The number of sulfone groups is 1. The van der Waals surface area contributed by atoms with Crippen LogP contribution in [-0.2, 0) is 14.6 Å². The monoisotopic (exact) mass is 388 g/mol. The molecule has 3 rings (SSSR count). The summed E-state index contributed by atoms with van der Waals surface area (Å²) in [5.74, 6) is 1.07. The number of nitrogens with zero attached hydrogens (tertiary/aromatic N) is 1. The van der Waals surface area contributed by atoms with E-state index in [1.807, 2.05) is 66.5 Å². The quantitative estimate of drug-likeness (QED) is 0.789. The molecule has 6 nitrogen and oxygen atoms in total. The second-order valence-electron chi connectivity index (χ2n) is 6.67. The molecule has 1 fully saturated rings. The van der Waals surface area contributed by atoms with E-state index in [1.54, 1.807) is 0 Å². The Labute approximate surface area is 160 Å². The van der Waals surface area contributed by atoms with Gasteiger partial charge in [-0.2, -0.15) is 0 Å². The van der Waals surface area contributed by atoms with Crippen molar-refractivity contribution in [2.24, 2.45) is 0 Å². The maximum absolute atomic E-state index is 12.0. The van der Waals surface area contributed by atoms with Crippen LogP contribution in [0.2, 0.25) is 0 Å². The Kier molecular flexibility index (Phi) is 6.01. The van der Waals surface area contributed by atoms with E-state index in [0.717, 1.165) is 11.4 Å². The smallest absolute Gasteiger partial charge is 0.227 e. The molecule has 2 aromatic rings. The van der Waals surface area contributed by atoms with E-state index in [0.29, 0.717) is 18.7 Å². The van der Waals surface area contributed by atoms with E-state index in [1.165, 1.54) is 0 Å². The first kappa shape index (κ1) is 19.2. The summed E-state index contributed by atoms with van der Waals surface area (Å²) in [4.78, 5) is 14.0. The predicted molar refractivity (Wildman–Crippen MR) is 107 cm³/mol. The molecule has 2 aromatic carbocycles. The lowest BCUT2D eigenvalue weighted by molar-refractivity contribution is -0.116. The number of ether oxygens (including phenoxy) is 1. The number of para-hydroxylation sites is 1. The molecule has 1 atom stereocenters. The van der Waals surface area contributed by atoms with Gasteiger partial charge in [0.25, 0.3) is 0 Å². The van der Waals surface area contributed by atoms with Crippen LogP contribution in [0, 0.1) is 0 Å². The SMILES string of the molecule is CN(c1ccc(NC(=O)CCOc2ccccc2)cc1)C1CCS(=O)(=O)C1.